The van der Waals surface area contributed by atoms with Crippen molar-refractivity contribution in [2.75, 3.05) is 5.32 Å². The van der Waals surface area contributed by atoms with Crippen molar-refractivity contribution in [3.63, 3.8) is 0 Å². The maximum atomic E-state index is 13.5. The smallest absolute Gasteiger partial charge is 0.244 e. The number of carbonyl (C=O) groups is 1. The summed E-state index contributed by atoms with van der Waals surface area (Å²) in [5.41, 5.74) is 4.59. The Labute approximate surface area is 99.0 Å². The van der Waals surface area contributed by atoms with Gasteiger partial charge in [-0.15, -0.1) is 0 Å². The van der Waals surface area contributed by atoms with Crippen LogP contribution >= 0.6 is 0 Å². The van der Waals surface area contributed by atoms with Crippen molar-refractivity contribution in [1.29, 1.82) is 0 Å². The normalized spacial score (nSPS) is 14.2. The van der Waals surface area contributed by atoms with E-state index in [1.165, 1.54) is 13.8 Å². The molecule has 0 aliphatic rings. The zero-order valence-corrected chi connectivity index (χ0v) is 10.1. The molecule has 1 amide bonds. The number of nitrogens with one attached hydrogen (secondary N) is 1. The molecule has 1 rings (SSSR count). The molecule has 0 aliphatic carbocycles. The van der Waals surface area contributed by atoms with E-state index in [-0.39, 0.29) is 11.3 Å². The first-order chi connectivity index (χ1) is 7.77. The van der Waals surface area contributed by atoms with Gasteiger partial charge in [0.1, 0.15) is 11.6 Å². The van der Waals surface area contributed by atoms with Gasteiger partial charge in [-0.1, -0.05) is 6.92 Å². The van der Waals surface area contributed by atoms with Gasteiger partial charge in [0.05, 0.1) is 11.2 Å². The molecule has 1 unspecified atom stereocenters. The molecule has 3 N–H and O–H groups in total. The molecule has 0 bridgehead atoms. The molecule has 1 aromatic rings. The lowest BCUT2D eigenvalue weighted by Gasteiger charge is -2.21. The Morgan fingerprint density at radius 2 is 2.00 bits per heavy atom. The van der Waals surface area contributed by atoms with Crippen LogP contribution in [-0.4, -0.2) is 11.4 Å². The third kappa shape index (κ3) is 3.00. The second-order valence-corrected chi connectivity index (χ2v) is 4.31. The van der Waals surface area contributed by atoms with E-state index < -0.39 is 23.1 Å². The molecule has 0 fully saturated rings. The first-order valence-electron chi connectivity index (χ1n) is 5.34. The Hall–Kier alpha value is -1.49. The lowest BCUT2D eigenvalue weighted by atomic mass is 9.99. The van der Waals surface area contributed by atoms with E-state index in [0.29, 0.717) is 6.42 Å². The minimum absolute atomic E-state index is 0.187. The predicted octanol–water partition coefficient (Wildman–Crippen LogP) is 2.34. The summed E-state index contributed by atoms with van der Waals surface area (Å²) >= 11 is 0. The van der Waals surface area contributed by atoms with E-state index in [0.717, 1.165) is 12.1 Å². The largest absolute Gasteiger partial charge is 0.322 e. The molecular formula is C12H16F2N2O. The number of anilines is 1. The number of nitrogens with two attached hydrogens (primary N) is 1. The van der Waals surface area contributed by atoms with Crippen LogP contribution in [0.25, 0.3) is 0 Å². The van der Waals surface area contributed by atoms with Gasteiger partial charge in [-0.05, 0) is 31.9 Å². The fourth-order valence-electron chi connectivity index (χ4n) is 1.17. The highest BCUT2D eigenvalue weighted by molar-refractivity contribution is 5.97. The molecule has 94 valence electrons. The van der Waals surface area contributed by atoms with Gasteiger partial charge in [0.15, 0.2) is 0 Å². The van der Waals surface area contributed by atoms with Gasteiger partial charge in [-0.25, -0.2) is 8.78 Å². The highest BCUT2D eigenvalue weighted by Gasteiger charge is 2.26. The van der Waals surface area contributed by atoms with Gasteiger partial charge in [0.25, 0.3) is 0 Å². The summed E-state index contributed by atoms with van der Waals surface area (Å²) < 4.78 is 26.7. The van der Waals surface area contributed by atoms with Crippen LogP contribution in [0.15, 0.2) is 12.1 Å². The second kappa shape index (κ2) is 4.79. The van der Waals surface area contributed by atoms with Gasteiger partial charge in [-0.3, -0.25) is 4.79 Å². The second-order valence-electron chi connectivity index (χ2n) is 4.31. The van der Waals surface area contributed by atoms with Crippen LogP contribution in [0.2, 0.25) is 0 Å². The molecule has 0 aromatic heterocycles. The van der Waals surface area contributed by atoms with Gasteiger partial charge in [0, 0.05) is 6.07 Å². The maximum Gasteiger partial charge on any atom is 0.244 e. The summed E-state index contributed by atoms with van der Waals surface area (Å²) in [6, 6.07) is 1.99. The number of amides is 1. The minimum atomic E-state index is -1.10. The number of hydrogen-bond donors (Lipinski definition) is 2. The van der Waals surface area contributed by atoms with Crippen molar-refractivity contribution < 1.29 is 13.6 Å². The third-order valence-corrected chi connectivity index (χ3v) is 2.75. The number of hydrogen-bond acceptors (Lipinski definition) is 2. The van der Waals surface area contributed by atoms with Crippen LogP contribution in [-0.2, 0) is 4.79 Å². The van der Waals surface area contributed by atoms with Gasteiger partial charge in [-0.2, -0.15) is 0 Å². The summed E-state index contributed by atoms with van der Waals surface area (Å²) in [4.78, 5) is 11.7. The number of rotatable bonds is 3. The van der Waals surface area contributed by atoms with E-state index in [1.807, 2.05) is 0 Å². The first-order valence-corrected chi connectivity index (χ1v) is 5.34. The molecule has 0 radical (unpaired) electrons. The van der Waals surface area contributed by atoms with Gasteiger partial charge < -0.3 is 11.1 Å². The average molecular weight is 242 g/mol. The fraction of sp³-hybridized carbons (Fsp3) is 0.417. The Bertz CT molecular complexity index is 444. The van der Waals surface area contributed by atoms with Gasteiger partial charge in [0.2, 0.25) is 5.91 Å². The summed E-state index contributed by atoms with van der Waals surface area (Å²) in [6.07, 6.45) is 0.398. The molecule has 0 saturated carbocycles. The molecule has 1 aromatic carbocycles. The zero-order chi connectivity index (χ0) is 13.2. The maximum absolute atomic E-state index is 13.5. The number of carbonyl (C=O) groups excluding carboxylic acids is 1. The fourth-order valence-corrected chi connectivity index (χ4v) is 1.17. The molecule has 1 atom stereocenters. The molecule has 0 spiro atoms. The Morgan fingerprint density at radius 1 is 1.41 bits per heavy atom. The average Bonchev–Trinajstić information content (AvgIpc) is 2.25. The first kappa shape index (κ1) is 13.6. The molecule has 0 saturated heterocycles. The summed E-state index contributed by atoms with van der Waals surface area (Å²) in [7, 11) is 0. The van der Waals surface area contributed by atoms with Crippen LogP contribution in [0, 0.1) is 18.6 Å². The van der Waals surface area contributed by atoms with Crippen molar-refractivity contribution in [1.82, 2.24) is 0 Å². The van der Waals surface area contributed by atoms with Crippen molar-refractivity contribution in [2.24, 2.45) is 5.73 Å². The Balaban J connectivity index is 2.97. The lowest BCUT2D eigenvalue weighted by molar-refractivity contribution is -0.120. The third-order valence-electron chi connectivity index (χ3n) is 2.75. The highest BCUT2D eigenvalue weighted by Crippen LogP contribution is 2.20. The van der Waals surface area contributed by atoms with Crippen molar-refractivity contribution in [3.8, 4) is 0 Å². The highest BCUT2D eigenvalue weighted by atomic mass is 19.1. The lowest BCUT2D eigenvalue weighted by Crippen LogP contribution is -2.47. The monoisotopic (exact) mass is 242 g/mol. The number of aryl methyl sites for hydroxylation is 1. The van der Waals surface area contributed by atoms with Crippen molar-refractivity contribution in [3.05, 3.63) is 29.3 Å². The topological polar surface area (TPSA) is 55.1 Å². The van der Waals surface area contributed by atoms with E-state index in [9.17, 15) is 13.6 Å². The molecule has 5 heteroatoms. The van der Waals surface area contributed by atoms with Crippen LogP contribution in [0.4, 0.5) is 14.5 Å². The van der Waals surface area contributed by atoms with Crippen molar-refractivity contribution >= 4 is 11.6 Å². The van der Waals surface area contributed by atoms with Gasteiger partial charge >= 0.3 is 0 Å². The van der Waals surface area contributed by atoms with Crippen LogP contribution in [0.3, 0.4) is 0 Å². The summed E-state index contributed by atoms with van der Waals surface area (Å²) in [5.74, 6) is -1.79. The summed E-state index contributed by atoms with van der Waals surface area (Å²) in [6.45, 7) is 4.72. The SMILES string of the molecule is CCC(C)(N)C(=O)Nc1cc(F)c(C)cc1F. The molecule has 0 heterocycles. The van der Waals surface area contributed by atoms with E-state index in [1.54, 1.807) is 6.92 Å². The minimum Gasteiger partial charge on any atom is -0.322 e. The standard InChI is InChI=1S/C12H16F2N2O/c1-4-12(3,15)11(17)16-10-6-8(13)7(2)5-9(10)14/h5-6H,4,15H2,1-3H3,(H,16,17). The molecule has 3 nitrogen and oxygen atoms in total. The summed E-state index contributed by atoms with van der Waals surface area (Å²) in [5, 5.41) is 2.29. The molecular weight excluding hydrogens is 226 g/mol. The van der Waals surface area contributed by atoms with Crippen LogP contribution in [0.1, 0.15) is 25.8 Å². The van der Waals surface area contributed by atoms with Crippen molar-refractivity contribution in [2.45, 2.75) is 32.7 Å². The Morgan fingerprint density at radius 3 is 2.53 bits per heavy atom. The van der Waals surface area contributed by atoms with E-state index in [2.05, 4.69) is 5.32 Å². The quantitative estimate of drug-likeness (QED) is 0.854. The van der Waals surface area contributed by atoms with E-state index in [4.69, 9.17) is 5.73 Å². The zero-order valence-electron chi connectivity index (χ0n) is 10.1. The number of benzene rings is 1. The predicted molar refractivity (Wildman–Crippen MR) is 62.6 cm³/mol. The number of halogens is 2. The molecule has 0 aliphatic heterocycles. The van der Waals surface area contributed by atoms with Crippen LogP contribution in [0.5, 0.6) is 0 Å². The van der Waals surface area contributed by atoms with Crippen LogP contribution < -0.4 is 11.1 Å². The molecule has 17 heavy (non-hydrogen) atoms. The van der Waals surface area contributed by atoms with E-state index >= 15 is 0 Å². The Kier molecular flexibility index (Phi) is 3.83.